The monoisotopic (exact) mass is 236 g/mol. The van der Waals surface area contributed by atoms with E-state index >= 15 is 0 Å². The SMILES string of the molecule is Cc1c(C(=O)O)c(C(=O)CN)c(C)n1C1CC1. The number of Topliss-reactive ketones (excluding diaryl/α,β-unsaturated/α-hetero) is 1. The molecule has 0 aromatic carbocycles. The first kappa shape index (κ1) is 11.9. The fourth-order valence-electron chi connectivity index (χ4n) is 2.44. The third-order valence-corrected chi connectivity index (χ3v) is 3.29. The summed E-state index contributed by atoms with van der Waals surface area (Å²) in [5.41, 5.74) is 7.13. The van der Waals surface area contributed by atoms with E-state index in [0.29, 0.717) is 11.7 Å². The van der Waals surface area contributed by atoms with Gasteiger partial charge in [-0.15, -0.1) is 0 Å². The molecule has 1 heterocycles. The van der Waals surface area contributed by atoms with Crippen LogP contribution in [0.4, 0.5) is 0 Å². The predicted octanol–water partition coefficient (Wildman–Crippen LogP) is 1.28. The standard InChI is InChI=1S/C12H16N2O3/c1-6-10(9(15)5-13)11(12(16)17)7(2)14(6)8-3-4-8/h8H,3-5,13H2,1-2H3,(H,16,17). The van der Waals surface area contributed by atoms with Gasteiger partial charge in [-0.2, -0.15) is 0 Å². The summed E-state index contributed by atoms with van der Waals surface area (Å²) in [5, 5.41) is 9.22. The molecule has 0 bridgehead atoms. The number of hydrogen-bond donors (Lipinski definition) is 2. The van der Waals surface area contributed by atoms with Crippen LogP contribution in [0.1, 0.15) is 51.0 Å². The second-order valence-corrected chi connectivity index (χ2v) is 4.45. The highest BCUT2D eigenvalue weighted by molar-refractivity contribution is 6.08. The third kappa shape index (κ3) is 1.76. The first-order valence-electron chi connectivity index (χ1n) is 5.67. The minimum absolute atomic E-state index is 0.116. The first-order chi connectivity index (χ1) is 7.99. The quantitative estimate of drug-likeness (QED) is 0.771. The molecular weight excluding hydrogens is 220 g/mol. The van der Waals surface area contributed by atoms with Crippen molar-refractivity contribution < 1.29 is 14.7 Å². The number of nitrogens with zero attached hydrogens (tertiary/aromatic N) is 1. The average Bonchev–Trinajstić information content (AvgIpc) is 3.04. The zero-order valence-corrected chi connectivity index (χ0v) is 9.99. The molecule has 0 aliphatic heterocycles. The van der Waals surface area contributed by atoms with E-state index in [1.165, 1.54) is 0 Å². The Labute approximate surface area is 99.2 Å². The van der Waals surface area contributed by atoms with Crippen molar-refractivity contribution in [2.45, 2.75) is 32.7 Å². The number of ketones is 1. The van der Waals surface area contributed by atoms with Crippen molar-refractivity contribution in [3.8, 4) is 0 Å². The van der Waals surface area contributed by atoms with Crippen LogP contribution in [0, 0.1) is 13.8 Å². The number of carbonyl (C=O) groups is 2. The second-order valence-electron chi connectivity index (χ2n) is 4.45. The minimum atomic E-state index is -1.05. The fourth-order valence-corrected chi connectivity index (χ4v) is 2.44. The summed E-state index contributed by atoms with van der Waals surface area (Å²) in [6.07, 6.45) is 2.09. The van der Waals surface area contributed by atoms with Crippen molar-refractivity contribution in [3.05, 3.63) is 22.5 Å². The lowest BCUT2D eigenvalue weighted by molar-refractivity contribution is 0.0691. The molecule has 1 fully saturated rings. The van der Waals surface area contributed by atoms with Gasteiger partial charge in [-0.05, 0) is 26.7 Å². The zero-order chi connectivity index (χ0) is 12.7. The van der Waals surface area contributed by atoms with E-state index in [2.05, 4.69) is 0 Å². The highest BCUT2D eigenvalue weighted by atomic mass is 16.4. The van der Waals surface area contributed by atoms with Crippen LogP contribution in [0.2, 0.25) is 0 Å². The molecular formula is C12H16N2O3. The highest BCUT2D eigenvalue weighted by Gasteiger charge is 2.33. The molecule has 0 unspecified atom stereocenters. The number of hydrogen-bond acceptors (Lipinski definition) is 3. The van der Waals surface area contributed by atoms with Crippen molar-refractivity contribution in [3.63, 3.8) is 0 Å². The van der Waals surface area contributed by atoms with E-state index in [0.717, 1.165) is 18.5 Å². The Morgan fingerprint density at radius 3 is 2.24 bits per heavy atom. The number of carboxylic acid groups (broad SMARTS) is 1. The van der Waals surface area contributed by atoms with Crippen molar-refractivity contribution in [2.75, 3.05) is 6.54 Å². The Morgan fingerprint density at radius 1 is 1.29 bits per heavy atom. The predicted molar refractivity (Wildman–Crippen MR) is 62.5 cm³/mol. The number of aromatic carboxylic acids is 1. The summed E-state index contributed by atoms with van der Waals surface area (Å²) < 4.78 is 1.96. The number of aromatic nitrogens is 1. The molecule has 1 aliphatic carbocycles. The number of nitrogens with two attached hydrogens (primary N) is 1. The maximum Gasteiger partial charge on any atom is 0.338 e. The number of carbonyl (C=O) groups excluding carboxylic acids is 1. The number of carboxylic acids is 1. The lowest BCUT2D eigenvalue weighted by atomic mass is 10.1. The lowest BCUT2D eigenvalue weighted by Crippen LogP contribution is -2.17. The van der Waals surface area contributed by atoms with Crippen molar-refractivity contribution in [1.29, 1.82) is 0 Å². The van der Waals surface area contributed by atoms with Gasteiger partial charge < -0.3 is 15.4 Å². The maximum absolute atomic E-state index is 11.8. The van der Waals surface area contributed by atoms with Gasteiger partial charge in [0.15, 0.2) is 5.78 Å². The highest BCUT2D eigenvalue weighted by Crippen LogP contribution is 2.39. The molecule has 92 valence electrons. The molecule has 5 nitrogen and oxygen atoms in total. The van der Waals surface area contributed by atoms with Crippen LogP contribution in [0.3, 0.4) is 0 Å². The van der Waals surface area contributed by atoms with E-state index in [1.807, 2.05) is 4.57 Å². The summed E-state index contributed by atoms with van der Waals surface area (Å²) in [7, 11) is 0. The van der Waals surface area contributed by atoms with Gasteiger partial charge in [0.2, 0.25) is 0 Å². The molecule has 1 aromatic heterocycles. The van der Waals surface area contributed by atoms with Crippen LogP contribution < -0.4 is 5.73 Å². The van der Waals surface area contributed by atoms with E-state index in [9.17, 15) is 14.7 Å². The third-order valence-electron chi connectivity index (χ3n) is 3.29. The molecule has 0 radical (unpaired) electrons. The van der Waals surface area contributed by atoms with Crippen LogP contribution in [0.5, 0.6) is 0 Å². The van der Waals surface area contributed by atoms with Gasteiger partial charge in [-0.3, -0.25) is 4.79 Å². The summed E-state index contributed by atoms with van der Waals surface area (Å²) in [5.74, 6) is -1.36. The molecule has 0 spiro atoms. The second kappa shape index (κ2) is 4.00. The summed E-state index contributed by atoms with van der Waals surface area (Å²) in [6, 6.07) is 0.354. The lowest BCUT2D eigenvalue weighted by Gasteiger charge is -2.06. The molecule has 0 amide bonds. The van der Waals surface area contributed by atoms with Gasteiger partial charge in [-0.1, -0.05) is 0 Å². The van der Waals surface area contributed by atoms with Crippen molar-refractivity contribution in [2.24, 2.45) is 5.73 Å². The van der Waals surface area contributed by atoms with E-state index in [-0.39, 0.29) is 23.5 Å². The Hall–Kier alpha value is -1.62. The normalized spacial score (nSPS) is 15.0. The van der Waals surface area contributed by atoms with Crippen LogP contribution >= 0.6 is 0 Å². The Kier molecular flexibility index (Phi) is 2.79. The molecule has 5 heteroatoms. The van der Waals surface area contributed by atoms with E-state index in [1.54, 1.807) is 13.8 Å². The Bertz CT molecular complexity index is 498. The van der Waals surface area contributed by atoms with E-state index in [4.69, 9.17) is 5.73 Å². The van der Waals surface area contributed by atoms with Crippen LogP contribution in [0.15, 0.2) is 0 Å². The van der Waals surface area contributed by atoms with E-state index < -0.39 is 5.97 Å². The first-order valence-corrected chi connectivity index (χ1v) is 5.67. The smallest absolute Gasteiger partial charge is 0.338 e. The fraction of sp³-hybridized carbons (Fsp3) is 0.500. The topological polar surface area (TPSA) is 85.3 Å². The van der Waals surface area contributed by atoms with Crippen molar-refractivity contribution in [1.82, 2.24) is 4.57 Å². The van der Waals surface area contributed by atoms with Gasteiger partial charge in [0.25, 0.3) is 0 Å². The molecule has 1 aliphatic rings. The van der Waals surface area contributed by atoms with Crippen LogP contribution in [0.25, 0.3) is 0 Å². The van der Waals surface area contributed by atoms with Gasteiger partial charge in [0.1, 0.15) is 0 Å². The minimum Gasteiger partial charge on any atom is -0.478 e. The van der Waals surface area contributed by atoms with Crippen LogP contribution in [-0.2, 0) is 0 Å². The molecule has 2 rings (SSSR count). The van der Waals surface area contributed by atoms with Gasteiger partial charge in [-0.25, -0.2) is 4.79 Å². The van der Waals surface area contributed by atoms with Gasteiger partial charge >= 0.3 is 5.97 Å². The maximum atomic E-state index is 11.8. The van der Waals surface area contributed by atoms with Crippen molar-refractivity contribution >= 4 is 11.8 Å². The summed E-state index contributed by atoms with van der Waals surface area (Å²) >= 11 is 0. The molecule has 0 atom stereocenters. The number of rotatable bonds is 4. The Morgan fingerprint density at radius 2 is 1.82 bits per heavy atom. The van der Waals surface area contributed by atoms with Gasteiger partial charge in [0.05, 0.1) is 17.7 Å². The summed E-state index contributed by atoms with van der Waals surface area (Å²) in [6.45, 7) is 3.39. The Balaban J connectivity index is 2.66. The average molecular weight is 236 g/mol. The largest absolute Gasteiger partial charge is 0.478 e. The molecule has 17 heavy (non-hydrogen) atoms. The molecule has 1 aromatic rings. The van der Waals surface area contributed by atoms with Crippen LogP contribution in [-0.4, -0.2) is 28.0 Å². The summed E-state index contributed by atoms with van der Waals surface area (Å²) in [4.78, 5) is 23.0. The molecule has 3 N–H and O–H groups in total. The molecule has 1 saturated carbocycles. The molecule has 0 saturated heterocycles. The van der Waals surface area contributed by atoms with Gasteiger partial charge in [0, 0.05) is 17.4 Å². The zero-order valence-electron chi connectivity index (χ0n) is 9.99.